The third-order valence-corrected chi connectivity index (χ3v) is 3.30. The van der Waals surface area contributed by atoms with Crippen LogP contribution in [0.2, 0.25) is 0 Å². The van der Waals surface area contributed by atoms with E-state index in [9.17, 15) is 18.3 Å². The molecule has 1 N–H and O–H groups in total. The van der Waals surface area contributed by atoms with Crippen LogP contribution in [0.15, 0.2) is 36.5 Å². The first-order valence-electron chi connectivity index (χ1n) is 6.23. The van der Waals surface area contributed by atoms with E-state index in [2.05, 4.69) is 4.98 Å². The van der Waals surface area contributed by atoms with Crippen LogP contribution in [-0.2, 0) is 12.0 Å². The minimum atomic E-state index is -1.47. The molecule has 5 heteroatoms. The SMILES string of the molecule is CCC(O)(Cc1cccc(F)c1F)c1ccc(F)cn1. The average molecular weight is 281 g/mol. The van der Waals surface area contributed by atoms with Crippen molar-refractivity contribution in [3.05, 3.63) is 65.2 Å². The Kier molecular flexibility index (Phi) is 4.09. The number of hydrogen-bond donors (Lipinski definition) is 1. The highest BCUT2D eigenvalue weighted by Crippen LogP contribution is 2.29. The van der Waals surface area contributed by atoms with E-state index >= 15 is 0 Å². The summed E-state index contributed by atoms with van der Waals surface area (Å²) in [5.41, 5.74) is -1.19. The quantitative estimate of drug-likeness (QED) is 0.932. The molecule has 0 spiro atoms. The molecule has 0 bridgehead atoms. The minimum absolute atomic E-state index is 0.0560. The molecule has 0 aliphatic rings. The number of hydrogen-bond acceptors (Lipinski definition) is 2. The maximum absolute atomic E-state index is 13.7. The molecule has 0 aliphatic heterocycles. The molecule has 0 aliphatic carbocycles. The summed E-state index contributed by atoms with van der Waals surface area (Å²) in [5, 5.41) is 10.6. The molecule has 0 amide bonds. The van der Waals surface area contributed by atoms with Crippen LogP contribution in [0.25, 0.3) is 0 Å². The Balaban J connectivity index is 2.36. The van der Waals surface area contributed by atoms with Gasteiger partial charge in [-0.1, -0.05) is 19.1 Å². The van der Waals surface area contributed by atoms with Gasteiger partial charge in [0.2, 0.25) is 0 Å². The normalized spacial score (nSPS) is 14.1. The molecular weight excluding hydrogens is 267 g/mol. The van der Waals surface area contributed by atoms with Crippen LogP contribution in [0.3, 0.4) is 0 Å². The predicted molar refractivity (Wildman–Crippen MR) is 68.4 cm³/mol. The Morgan fingerprint density at radius 3 is 2.50 bits per heavy atom. The van der Waals surface area contributed by atoms with Crippen LogP contribution < -0.4 is 0 Å². The Bertz CT molecular complexity index is 601. The fraction of sp³-hybridized carbons (Fsp3) is 0.267. The number of aliphatic hydroxyl groups is 1. The van der Waals surface area contributed by atoms with Crippen molar-refractivity contribution in [3.63, 3.8) is 0 Å². The van der Waals surface area contributed by atoms with Crippen molar-refractivity contribution in [2.75, 3.05) is 0 Å². The first kappa shape index (κ1) is 14.5. The number of aromatic nitrogens is 1. The number of nitrogens with zero attached hydrogens (tertiary/aromatic N) is 1. The molecule has 1 heterocycles. The topological polar surface area (TPSA) is 33.1 Å². The highest BCUT2D eigenvalue weighted by atomic mass is 19.2. The molecule has 0 radical (unpaired) electrons. The van der Waals surface area contributed by atoms with E-state index in [1.54, 1.807) is 6.92 Å². The summed E-state index contributed by atoms with van der Waals surface area (Å²) >= 11 is 0. The molecule has 0 saturated heterocycles. The standard InChI is InChI=1S/C15H14F3NO/c1-2-15(20,13-7-6-11(16)9-19-13)8-10-4-3-5-12(17)14(10)18/h3-7,9,20H,2,8H2,1H3. The Morgan fingerprint density at radius 1 is 1.15 bits per heavy atom. The monoisotopic (exact) mass is 281 g/mol. The third-order valence-electron chi connectivity index (χ3n) is 3.30. The minimum Gasteiger partial charge on any atom is -0.383 e. The maximum atomic E-state index is 13.7. The zero-order valence-electron chi connectivity index (χ0n) is 10.9. The molecule has 1 aromatic heterocycles. The van der Waals surface area contributed by atoms with Gasteiger partial charge in [-0.15, -0.1) is 0 Å². The van der Waals surface area contributed by atoms with Crippen molar-refractivity contribution in [1.29, 1.82) is 0 Å². The molecule has 106 valence electrons. The van der Waals surface area contributed by atoms with Crippen molar-refractivity contribution >= 4 is 0 Å². The number of rotatable bonds is 4. The average Bonchev–Trinajstić information content (AvgIpc) is 2.44. The zero-order valence-corrected chi connectivity index (χ0v) is 10.9. The van der Waals surface area contributed by atoms with E-state index in [1.165, 1.54) is 24.3 Å². The third kappa shape index (κ3) is 2.82. The summed E-state index contributed by atoms with van der Waals surface area (Å²) in [6.07, 6.45) is 1.09. The van der Waals surface area contributed by atoms with Crippen LogP contribution in [0, 0.1) is 17.5 Å². The van der Waals surface area contributed by atoms with Crippen LogP contribution in [0.5, 0.6) is 0 Å². The van der Waals surface area contributed by atoms with E-state index < -0.39 is 23.1 Å². The van der Waals surface area contributed by atoms with Crippen molar-refractivity contribution < 1.29 is 18.3 Å². The maximum Gasteiger partial charge on any atom is 0.162 e. The second-order valence-electron chi connectivity index (χ2n) is 4.64. The zero-order chi connectivity index (χ0) is 14.8. The Morgan fingerprint density at radius 2 is 1.90 bits per heavy atom. The highest BCUT2D eigenvalue weighted by Gasteiger charge is 2.30. The van der Waals surface area contributed by atoms with E-state index in [1.807, 2.05) is 0 Å². The van der Waals surface area contributed by atoms with Gasteiger partial charge >= 0.3 is 0 Å². The molecule has 0 fully saturated rings. The summed E-state index contributed by atoms with van der Waals surface area (Å²) < 4.78 is 39.7. The van der Waals surface area contributed by atoms with Crippen LogP contribution in [0.4, 0.5) is 13.2 Å². The molecule has 2 aromatic rings. The first-order chi connectivity index (χ1) is 9.46. The fourth-order valence-corrected chi connectivity index (χ4v) is 2.05. The van der Waals surface area contributed by atoms with Crippen LogP contribution in [-0.4, -0.2) is 10.1 Å². The van der Waals surface area contributed by atoms with Crippen molar-refractivity contribution in [2.45, 2.75) is 25.4 Å². The van der Waals surface area contributed by atoms with Crippen molar-refractivity contribution in [2.24, 2.45) is 0 Å². The highest BCUT2D eigenvalue weighted by molar-refractivity contribution is 5.24. The van der Waals surface area contributed by atoms with Crippen LogP contribution >= 0.6 is 0 Å². The molecule has 1 atom stereocenters. The van der Waals surface area contributed by atoms with Gasteiger partial charge in [0, 0.05) is 6.42 Å². The lowest BCUT2D eigenvalue weighted by molar-refractivity contribution is 0.0272. The van der Waals surface area contributed by atoms with E-state index in [0.717, 1.165) is 12.3 Å². The van der Waals surface area contributed by atoms with Crippen molar-refractivity contribution in [3.8, 4) is 0 Å². The van der Waals surface area contributed by atoms with Gasteiger partial charge in [-0.25, -0.2) is 13.2 Å². The number of pyridine rings is 1. The van der Waals surface area contributed by atoms with E-state index in [-0.39, 0.29) is 24.1 Å². The van der Waals surface area contributed by atoms with Gasteiger partial charge in [0.1, 0.15) is 11.4 Å². The molecule has 20 heavy (non-hydrogen) atoms. The summed E-state index contributed by atoms with van der Waals surface area (Å²) in [7, 11) is 0. The second-order valence-corrected chi connectivity index (χ2v) is 4.64. The summed E-state index contributed by atoms with van der Waals surface area (Å²) in [6.45, 7) is 1.70. The number of benzene rings is 1. The lowest BCUT2D eigenvalue weighted by Gasteiger charge is -2.26. The van der Waals surface area contributed by atoms with Gasteiger partial charge in [-0.05, 0) is 30.2 Å². The summed E-state index contributed by atoms with van der Waals surface area (Å²) in [5.74, 6) is -2.47. The van der Waals surface area contributed by atoms with Gasteiger partial charge in [0.25, 0.3) is 0 Å². The van der Waals surface area contributed by atoms with Crippen molar-refractivity contribution in [1.82, 2.24) is 4.98 Å². The number of halogens is 3. The van der Waals surface area contributed by atoms with E-state index in [4.69, 9.17) is 0 Å². The van der Waals surface area contributed by atoms with Crippen LogP contribution in [0.1, 0.15) is 24.6 Å². The molecular formula is C15H14F3NO. The van der Waals surface area contributed by atoms with E-state index in [0.29, 0.717) is 0 Å². The van der Waals surface area contributed by atoms with Gasteiger partial charge < -0.3 is 5.11 Å². The van der Waals surface area contributed by atoms with Gasteiger partial charge in [-0.2, -0.15) is 0 Å². The predicted octanol–water partition coefficient (Wildman–Crippen LogP) is 3.34. The lowest BCUT2D eigenvalue weighted by Crippen LogP contribution is -2.29. The lowest BCUT2D eigenvalue weighted by atomic mass is 9.88. The first-order valence-corrected chi connectivity index (χ1v) is 6.23. The van der Waals surface area contributed by atoms with Gasteiger partial charge in [-0.3, -0.25) is 4.98 Å². The molecule has 0 saturated carbocycles. The largest absolute Gasteiger partial charge is 0.383 e. The fourth-order valence-electron chi connectivity index (χ4n) is 2.05. The Hall–Kier alpha value is -1.88. The van der Waals surface area contributed by atoms with Gasteiger partial charge in [0.15, 0.2) is 11.6 Å². The second kappa shape index (κ2) is 5.63. The molecule has 2 rings (SSSR count). The molecule has 1 unspecified atom stereocenters. The molecule has 1 aromatic carbocycles. The summed E-state index contributed by atoms with van der Waals surface area (Å²) in [4.78, 5) is 3.83. The molecule has 2 nitrogen and oxygen atoms in total. The summed E-state index contributed by atoms with van der Waals surface area (Å²) in [6, 6.07) is 6.31. The Labute approximate surface area is 114 Å². The van der Waals surface area contributed by atoms with Gasteiger partial charge in [0.05, 0.1) is 11.9 Å². The smallest absolute Gasteiger partial charge is 0.162 e.